The maximum Gasteiger partial charge on any atom is 0.213 e. The number of methoxy groups -OCH3 is 1. The number of guanidine groups is 1. The Labute approximate surface area is 198 Å². The van der Waals surface area contributed by atoms with Crippen molar-refractivity contribution in [3.63, 3.8) is 0 Å². The van der Waals surface area contributed by atoms with Gasteiger partial charge in [0.15, 0.2) is 5.96 Å². The zero-order valence-corrected chi connectivity index (χ0v) is 19.9. The van der Waals surface area contributed by atoms with Crippen molar-refractivity contribution in [1.29, 1.82) is 0 Å². The molecule has 1 fully saturated rings. The maximum absolute atomic E-state index is 14.0. The number of rotatable bonds is 8. The number of nitrogens with one attached hydrogen (secondary N) is 2. The molecule has 170 valence electrons. The zero-order valence-electron chi connectivity index (χ0n) is 17.6. The number of aliphatic imine (C=N–C) groups is 1. The largest absolute Gasteiger partial charge is 0.475 e. The number of ether oxygens (including phenoxy) is 2. The van der Waals surface area contributed by atoms with E-state index < -0.39 is 11.6 Å². The van der Waals surface area contributed by atoms with Gasteiger partial charge in [-0.15, -0.1) is 24.0 Å². The number of hydrogen-bond donors (Lipinski definition) is 2. The van der Waals surface area contributed by atoms with Crippen LogP contribution in [0.1, 0.15) is 12.0 Å². The van der Waals surface area contributed by atoms with Crippen LogP contribution in [0.15, 0.2) is 41.5 Å². The minimum Gasteiger partial charge on any atom is -0.475 e. The van der Waals surface area contributed by atoms with E-state index in [-0.39, 0.29) is 35.7 Å². The highest BCUT2D eigenvalue weighted by molar-refractivity contribution is 14.0. The van der Waals surface area contributed by atoms with Crippen molar-refractivity contribution < 1.29 is 18.3 Å². The molecule has 1 saturated heterocycles. The predicted octanol–water partition coefficient (Wildman–Crippen LogP) is 2.95. The molecule has 1 aliphatic rings. The van der Waals surface area contributed by atoms with Gasteiger partial charge in [-0.3, -0.25) is 4.99 Å². The summed E-state index contributed by atoms with van der Waals surface area (Å²) in [4.78, 5) is 10.2. The molecule has 2 aromatic rings. The van der Waals surface area contributed by atoms with Crippen LogP contribution in [0.25, 0.3) is 0 Å². The SMILES string of the molecule is CN=C(NCc1ccc(OCCOC)nc1)NC1CCN(c2c(F)cccc2F)C1.I. The first-order chi connectivity index (χ1) is 14.6. The van der Waals surface area contributed by atoms with Crippen molar-refractivity contribution in [1.82, 2.24) is 15.6 Å². The highest BCUT2D eigenvalue weighted by Gasteiger charge is 2.27. The second kappa shape index (κ2) is 12.6. The van der Waals surface area contributed by atoms with Crippen molar-refractivity contribution in [2.45, 2.75) is 19.0 Å². The van der Waals surface area contributed by atoms with Crippen molar-refractivity contribution in [3.05, 3.63) is 53.7 Å². The Hall–Kier alpha value is -2.21. The summed E-state index contributed by atoms with van der Waals surface area (Å²) in [5, 5.41) is 6.55. The second-order valence-corrected chi connectivity index (χ2v) is 6.92. The molecule has 2 N–H and O–H groups in total. The van der Waals surface area contributed by atoms with Gasteiger partial charge in [-0.25, -0.2) is 13.8 Å². The van der Waals surface area contributed by atoms with Crippen LogP contribution in [-0.2, 0) is 11.3 Å². The highest BCUT2D eigenvalue weighted by Crippen LogP contribution is 2.26. The molecule has 10 heteroatoms. The number of pyridine rings is 1. The van der Waals surface area contributed by atoms with Crippen LogP contribution in [0.2, 0.25) is 0 Å². The molecule has 2 heterocycles. The quantitative estimate of drug-likeness (QED) is 0.229. The Morgan fingerprint density at radius 2 is 2.00 bits per heavy atom. The van der Waals surface area contributed by atoms with Crippen LogP contribution in [0, 0.1) is 11.6 Å². The third-order valence-corrected chi connectivity index (χ3v) is 4.80. The lowest BCUT2D eigenvalue weighted by Gasteiger charge is -2.21. The van der Waals surface area contributed by atoms with Crippen LogP contribution >= 0.6 is 24.0 Å². The molecule has 1 unspecified atom stereocenters. The van der Waals surface area contributed by atoms with Crippen LogP contribution < -0.4 is 20.3 Å². The minimum atomic E-state index is -0.541. The number of aromatic nitrogens is 1. The normalized spacial score (nSPS) is 16.1. The molecular formula is C21H28F2IN5O2. The monoisotopic (exact) mass is 547 g/mol. The molecule has 3 rings (SSSR count). The van der Waals surface area contributed by atoms with Gasteiger partial charge < -0.3 is 25.0 Å². The van der Waals surface area contributed by atoms with Gasteiger partial charge in [-0.2, -0.15) is 0 Å². The molecule has 0 saturated carbocycles. The molecule has 31 heavy (non-hydrogen) atoms. The zero-order chi connectivity index (χ0) is 21.3. The van der Waals surface area contributed by atoms with Crippen molar-refractivity contribution in [2.75, 3.05) is 45.4 Å². The summed E-state index contributed by atoms with van der Waals surface area (Å²) in [5.74, 6) is 0.0848. The number of benzene rings is 1. The van der Waals surface area contributed by atoms with E-state index >= 15 is 0 Å². The Morgan fingerprint density at radius 3 is 2.65 bits per heavy atom. The molecule has 1 aromatic carbocycles. The summed E-state index contributed by atoms with van der Waals surface area (Å²) in [6.45, 7) is 2.56. The average Bonchev–Trinajstić information content (AvgIpc) is 3.20. The lowest BCUT2D eigenvalue weighted by molar-refractivity contribution is 0.143. The first-order valence-corrected chi connectivity index (χ1v) is 9.83. The van der Waals surface area contributed by atoms with E-state index in [4.69, 9.17) is 9.47 Å². The van der Waals surface area contributed by atoms with Crippen LogP contribution in [0.5, 0.6) is 5.88 Å². The van der Waals surface area contributed by atoms with Crippen molar-refractivity contribution in [2.24, 2.45) is 4.99 Å². The summed E-state index contributed by atoms with van der Waals surface area (Å²) in [7, 11) is 3.30. The summed E-state index contributed by atoms with van der Waals surface area (Å²) in [5.41, 5.74) is 1.00. The molecule has 0 radical (unpaired) electrons. The molecule has 1 aromatic heterocycles. The van der Waals surface area contributed by atoms with Crippen molar-refractivity contribution >= 4 is 35.6 Å². The smallest absolute Gasteiger partial charge is 0.213 e. The summed E-state index contributed by atoms with van der Waals surface area (Å²) < 4.78 is 38.4. The Balaban J connectivity index is 0.00000341. The van der Waals surface area contributed by atoms with E-state index in [9.17, 15) is 8.78 Å². The van der Waals surface area contributed by atoms with E-state index in [1.807, 2.05) is 6.07 Å². The number of hydrogen-bond acceptors (Lipinski definition) is 5. The van der Waals surface area contributed by atoms with E-state index in [2.05, 4.69) is 20.6 Å². The molecule has 7 nitrogen and oxygen atoms in total. The molecule has 1 aliphatic heterocycles. The van der Waals surface area contributed by atoms with Gasteiger partial charge in [0.2, 0.25) is 5.88 Å². The van der Waals surface area contributed by atoms with E-state index in [1.165, 1.54) is 18.2 Å². The predicted molar refractivity (Wildman–Crippen MR) is 127 cm³/mol. The molecule has 0 aliphatic carbocycles. The van der Waals surface area contributed by atoms with E-state index in [0.29, 0.717) is 44.7 Å². The van der Waals surface area contributed by atoms with Crippen LogP contribution in [0.4, 0.5) is 14.5 Å². The summed E-state index contributed by atoms with van der Waals surface area (Å²) >= 11 is 0. The fourth-order valence-electron chi connectivity index (χ4n) is 3.28. The van der Waals surface area contributed by atoms with Gasteiger partial charge in [0.05, 0.1) is 6.61 Å². The van der Waals surface area contributed by atoms with E-state index in [0.717, 1.165) is 12.0 Å². The third kappa shape index (κ3) is 7.17. The van der Waals surface area contributed by atoms with Gasteiger partial charge in [0, 0.05) is 52.1 Å². The van der Waals surface area contributed by atoms with Gasteiger partial charge in [0.1, 0.15) is 23.9 Å². The number of halogens is 3. The molecule has 1 atom stereocenters. The Bertz CT molecular complexity index is 834. The second-order valence-electron chi connectivity index (χ2n) is 6.92. The highest BCUT2D eigenvalue weighted by atomic mass is 127. The Kier molecular flexibility index (Phi) is 10.2. The van der Waals surface area contributed by atoms with Gasteiger partial charge in [0.25, 0.3) is 0 Å². The standard InChI is InChI=1S/C21H27F2N5O2.HI/c1-24-21(26-13-15-6-7-19(25-12-15)30-11-10-29-2)27-16-8-9-28(14-16)20-17(22)4-3-5-18(20)23;/h3-7,12,16H,8-11,13-14H2,1-2H3,(H2,24,26,27);1H. The lowest BCUT2D eigenvalue weighted by atomic mass is 10.2. The van der Waals surface area contributed by atoms with Gasteiger partial charge in [-0.05, 0) is 24.1 Å². The minimum absolute atomic E-state index is 0. The van der Waals surface area contributed by atoms with Crippen LogP contribution in [0.3, 0.4) is 0 Å². The van der Waals surface area contributed by atoms with Crippen molar-refractivity contribution in [3.8, 4) is 5.88 Å². The molecular weight excluding hydrogens is 519 g/mol. The topological polar surface area (TPSA) is 71.0 Å². The molecule has 0 spiro atoms. The maximum atomic E-state index is 14.0. The Morgan fingerprint density at radius 1 is 1.23 bits per heavy atom. The molecule has 0 bridgehead atoms. The van der Waals surface area contributed by atoms with Crippen LogP contribution in [-0.4, -0.2) is 57.4 Å². The number of nitrogens with zero attached hydrogens (tertiary/aromatic N) is 3. The summed E-state index contributed by atoms with van der Waals surface area (Å²) in [6, 6.07) is 7.70. The summed E-state index contributed by atoms with van der Waals surface area (Å²) in [6.07, 6.45) is 2.49. The van der Waals surface area contributed by atoms with Gasteiger partial charge >= 0.3 is 0 Å². The fraction of sp³-hybridized carbons (Fsp3) is 0.429. The first-order valence-electron chi connectivity index (χ1n) is 9.83. The number of para-hydroxylation sites is 1. The number of anilines is 1. The molecule has 0 amide bonds. The van der Waals surface area contributed by atoms with Gasteiger partial charge in [-0.1, -0.05) is 12.1 Å². The van der Waals surface area contributed by atoms with E-state index in [1.54, 1.807) is 31.3 Å². The third-order valence-electron chi connectivity index (χ3n) is 4.80. The average molecular weight is 547 g/mol. The lowest BCUT2D eigenvalue weighted by Crippen LogP contribution is -2.44. The first kappa shape index (κ1) is 25.1. The fourth-order valence-corrected chi connectivity index (χ4v) is 3.28.